The summed E-state index contributed by atoms with van der Waals surface area (Å²) in [7, 11) is 0. The van der Waals surface area contributed by atoms with Gasteiger partial charge in [-0.3, -0.25) is 0 Å². The van der Waals surface area contributed by atoms with Gasteiger partial charge >= 0.3 is 0 Å². The molecule has 2 atom stereocenters. The van der Waals surface area contributed by atoms with Crippen molar-refractivity contribution in [3.63, 3.8) is 0 Å². The first-order valence-corrected chi connectivity index (χ1v) is 5.12. The standard InChI is InChI=1S/C9H13NOS/c10-9(7-3-4-11-6-7)8-2-1-5-12-8/h1-2,5,7,9H,3-4,6,10H2. The number of nitrogens with two attached hydrogens (primary N) is 1. The van der Waals surface area contributed by atoms with E-state index < -0.39 is 0 Å². The zero-order valence-electron chi connectivity index (χ0n) is 6.90. The quantitative estimate of drug-likeness (QED) is 0.758. The van der Waals surface area contributed by atoms with Crippen molar-refractivity contribution in [2.75, 3.05) is 13.2 Å². The van der Waals surface area contributed by atoms with Crippen molar-refractivity contribution in [1.82, 2.24) is 0 Å². The highest BCUT2D eigenvalue weighted by molar-refractivity contribution is 7.10. The molecule has 2 rings (SSSR count). The number of thiophene rings is 1. The Kier molecular flexibility index (Phi) is 2.44. The third-order valence-corrected chi connectivity index (χ3v) is 3.32. The summed E-state index contributed by atoms with van der Waals surface area (Å²) in [5.41, 5.74) is 6.08. The van der Waals surface area contributed by atoms with Gasteiger partial charge in [0.05, 0.1) is 6.61 Å². The summed E-state index contributed by atoms with van der Waals surface area (Å²) >= 11 is 1.74. The molecule has 0 saturated carbocycles. The molecule has 0 spiro atoms. The minimum atomic E-state index is 0.187. The van der Waals surface area contributed by atoms with E-state index >= 15 is 0 Å². The van der Waals surface area contributed by atoms with E-state index in [2.05, 4.69) is 17.5 Å². The Morgan fingerprint density at radius 2 is 2.58 bits per heavy atom. The van der Waals surface area contributed by atoms with Crippen molar-refractivity contribution in [3.05, 3.63) is 22.4 Å². The molecule has 1 aliphatic rings. The lowest BCUT2D eigenvalue weighted by molar-refractivity contribution is 0.181. The smallest absolute Gasteiger partial charge is 0.0513 e. The minimum absolute atomic E-state index is 0.187. The van der Waals surface area contributed by atoms with Crippen LogP contribution in [-0.4, -0.2) is 13.2 Å². The molecule has 2 N–H and O–H groups in total. The van der Waals surface area contributed by atoms with Gasteiger partial charge in [-0.2, -0.15) is 0 Å². The predicted molar refractivity (Wildman–Crippen MR) is 50.2 cm³/mol. The maximum absolute atomic E-state index is 6.08. The monoisotopic (exact) mass is 183 g/mol. The van der Waals surface area contributed by atoms with Crippen LogP contribution in [0.3, 0.4) is 0 Å². The molecular weight excluding hydrogens is 170 g/mol. The molecule has 1 fully saturated rings. The molecule has 1 aromatic heterocycles. The third-order valence-electron chi connectivity index (χ3n) is 2.34. The van der Waals surface area contributed by atoms with Gasteiger partial charge in [0.2, 0.25) is 0 Å². The summed E-state index contributed by atoms with van der Waals surface area (Å²) in [6.45, 7) is 1.71. The topological polar surface area (TPSA) is 35.2 Å². The highest BCUT2D eigenvalue weighted by Crippen LogP contribution is 2.28. The van der Waals surface area contributed by atoms with E-state index in [-0.39, 0.29) is 6.04 Å². The minimum Gasteiger partial charge on any atom is -0.381 e. The van der Waals surface area contributed by atoms with Crippen LogP contribution in [0.5, 0.6) is 0 Å². The van der Waals surface area contributed by atoms with E-state index in [1.54, 1.807) is 11.3 Å². The fourth-order valence-electron chi connectivity index (χ4n) is 1.55. The summed E-state index contributed by atoms with van der Waals surface area (Å²) in [5.74, 6) is 0.531. The highest BCUT2D eigenvalue weighted by atomic mass is 32.1. The Labute approximate surface area is 76.3 Å². The predicted octanol–water partition coefficient (Wildman–Crippen LogP) is 1.78. The third kappa shape index (κ3) is 1.53. The second-order valence-corrected chi connectivity index (χ2v) is 4.14. The van der Waals surface area contributed by atoms with E-state index in [4.69, 9.17) is 10.5 Å². The van der Waals surface area contributed by atoms with E-state index in [0.717, 1.165) is 19.6 Å². The lowest BCUT2D eigenvalue weighted by atomic mass is 9.99. The van der Waals surface area contributed by atoms with Gasteiger partial charge in [0.1, 0.15) is 0 Å². The van der Waals surface area contributed by atoms with Crippen LogP contribution in [0.25, 0.3) is 0 Å². The molecule has 0 bridgehead atoms. The normalized spacial score (nSPS) is 25.9. The van der Waals surface area contributed by atoms with Crippen molar-refractivity contribution in [2.24, 2.45) is 11.7 Å². The molecular formula is C9H13NOS. The Balaban J connectivity index is 2.04. The van der Waals surface area contributed by atoms with Gasteiger partial charge in [-0.05, 0) is 17.9 Å². The van der Waals surface area contributed by atoms with Crippen LogP contribution in [0.15, 0.2) is 17.5 Å². The fraction of sp³-hybridized carbons (Fsp3) is 0.556. The molecule has 1 aromatic rings. The average Bonchev–Trinajstić information content (AvgIpc) is 2.77. The van der Waals surface area contributed by atoms with Crippen molar-refractivity contribution >= 4 is 11.3 Å². The fourth-order valence-corrected chi connectivity index (χ4v) is 2.37. The van der Waals surface area contributed by atoms with Crippen LogP contribution in [0.1, 0.15) is 17.3 Å². The molecule has 0 amide bonds. The first-order valence-electron chi connectivity index (χ1n) is 4.24. The Bertz CT molecular complexity index is 229. The van der Waals surface area contributed by atoms with Crippen LogP contribution in [0, 0.1) is 5.92 Å². The molecule has 1 saturated heterocycles. The first kappa shape index (κ1) is 8.23. The van der Waals surface area contributed by atoms with Gasteiger partial charge in [-0.25, -0.2) is 0 Å². The number of hydrogen-bond acceptors (Lipinski definition) is 3. The lowest BCUT2D eigenvalue weighted by Crippen LogP contribution is -2.20. The zero-order chi connectivity index (χ0) is 8.39. The summed E-state index contributed by atoms with van der Waals surface area (Å²) < 4.78 is 5.30. The highest BCUT2D eigenvalue weighted by Gasteiger charge is 2.24. The van der Waals surface area contributed by atoms with Crippen LogP contribution in [0.2, 0.25) is 0 Å². The first-order chi connectivity index (χ1) is 5.88. The lowest BCUT2D eigenvalue weighted by Gasteiger charge is -2.15. The molecule has 2 unspecified atom stereocenters. The van der Waals surface area contributed by atoms with Gasteiger partial charge in [0.15, 0.2) is 0 Å². The summed E-state index contributed by atoms with van der Waals surface area (Å²) in [6.07, 6.45) is 1.11. The number of hydrogen-bond donors (Lipinski definition) is 1. The molecule has 0 radical (unpaired) electrons. The van der Waals surface area contributed by atoms with Gasteiger partial charge in [0, 0.05) is 23.4 Å². The maximum Gasteiger partial charge on any atom is 0.0513 e. The largest absolute Gasteiger partial charge is 0.381 e. The molecule has 66 valence electrons. The Morgan fingerprint density at radius 1 is 1.67 bits per heavy atom. The van der Waals surface area contributed by atoms with Gasteiger partial charge < -0.3 is 10.5 Å². The molecule has 12 heavy (non-hydrogen) atoms. The summed E-state index contributed by atoms with van der Waals surface area (Å²) in [6, 6.07) is 4.34. The van der Waals surface area contributed by atoms with Crippen LogP contribution in [0.4, 0.5) is 0 Å². The Hall–Kier alpha value is -0.380. The molecule has 2 heterocycles. The van der Waals surface area contributed by atoms with Gasteiger partial charge in [0.25, 0.3) is 0 Å². The van der Waals surface area contributed by atoms with E-state index in [9.17, 15) is 0 Å². The van der Waals surface area contributed by atoms with Crippen molar-refractivity contribution in [2.45, 2.75) is 12.5 Å². The van der Waals surface area contributed by atoms with Crippen LogP contribution < -0.4 is 5.73 Å². The van der Waals surface area contributed by atoms with Crippen LogP contribution >= 0.6 is 11.3 Å². The molecule has 2 nitrogen and oxygen atoms in total. The Morgan fingerprint density at radius 3 is 3.17 bits per heavy atom. The SMILES string of the molecule is NC(c1cccs1)C1CCOC1. The average molecular weight is 183 g/mol. The van der Waals surface area contributed by atoms with E-state index in [0.29, 0.717) is 5.92 Å². The van der Waals surface area contributed by atoms with Crippen molar-refractivity contribution < 1.29 is 4.74 Å². The van der Waals surface area contributed by atoms with Crippen LogP contribution in [-0.2, 0) is 4.74 Å². The molecule has 0 aliphatic carbocycles. The molecule has 3 heteroatoms. The molecule has 1 aliphatic heterocycles. The zero-order valence-corrected chi connectivity index (χ0v) is 7.72. The summed E-state index contributed by atoms with van der Waals surface area (Å²) in [5, 5.41) is 2.07. The second-order valence-electron chi connectivity index (χ2n) is 3.16. The maximum atomic E-state index is 6.08. The molecule has 0 aromatic carbocycles. The summed E-state index contributed by atoms with van der Waals surface area (Å²) in [4.78, 5) is 1.28. The second kappa shape index (κ2) is 3.56. The van der Waals surface area contributed by atoms with Gasteiger partial charge in [-0.15, -0.1) is 11.3 Å². The van der Waals surface area contributed by atoms with Crippen molar-refractivity contribution in [3.8, 4) is 0 Å². The van der Waals surface area contributed by atoms with Crippen molar-refractivity contribution in [1.29, 1.82) is 0 Å². The van der Waals surface area contributed by atoms with E-state index in [1.807, 2.05) is 0 Å². The van der Waals surface area contributed by atoms with E-state index in [1.165, 1.54) is 4.88 Å². The van der Waals surface area contributed by atoms with Gasteiger partial charge in [-0.1, -0.05) is 6.07 Å². The number of rotatable bonds is 2. The number of ether oxygens (including phenoxy) is 1.